The first-order valence-corrected chi connectivity index (χ1v) is 6.37. The third kappa shape index (κ3) is 3.32. The largest absolute Gasteiger partial charge is 0.399 e. The molecule has 0 saturated heterocycles. The molecule has 0 aromatic heterocycles. The van der Waals surface area contributed by atoms with Gasteiger partial charge in [-0.15, -0.1) is 0 Å². The van der Waals surface area contributed by atoms with E-state index >= 15 is 0 Å². The number of nitrogen functional groups attached to an aromatic ring is 1. The molecule has 1 atom stereocenters. The van der Waals surface area contributed by atoms with Gasteiger partial charge in [-0.3, -0.25) is 4.90 Å². The van der Waals surface area contributed by atoms with Crippen molar-refractivity contribution in [2.24, 2.45) is 0 Å². The zero-order valence-corrected chi connectivity index (χ0v) is 11.3. The van der Waals surface area contributed by atoms with E-state index in [1.54, 1.807) is 6.07 Å². The summed E-state index contributed by atoms with van der Waals surface area (Å²) in [5.74, 6) is -0.158. The van der Waals surface area contributed by atoms with E-state index in [0.29, 0.717) is 5.56 Å². The average Bonchev–Trinajstić information content (AvgIpc) is 2.38. The Morgan fingerprint density at radius 1 is 1.16 bits per heavy atom. The Labute approximate surface area is 113 Å². The Balaban J connectivity index is 2.12. The predicted octanol–water partition coefficient (Wildman–Crippen LogP) is 3.60. The monoisotopic (exact) mass is 258 g/mol. The fourth-order valence-electron chi connectivity index (χ4n) is 2.17. The van der Waals surface area contributed by atoms with Crippen LogP contribution in [-0.2, 0) is 6.54 Å². The van der Waals surface area contributed by atoms with E-state index in [-0.39, 0.29) is 11.9 Å². The first-order valence-electron chi connectivity index (χ1n) is 6.37. The molecule has 2 aromatic carbocycles. The van der Waals surface area contributed by atoms with Crippen molar-refractivity contribution in [1.82, 2.24) is 4.90 Å². The minimum atomic E-state index is -0.158. The number of nitrogens with two attached hydrogens (primary N) is 1. The molecule has 2 rings (SSSR count). The molecule has 0 fully saturated rings. The number of nitrogens with zero attached hydrogens (tertiary/aromatic N) is 1. The van der Waals surface area contributed by atoms with Crippen molar-refractivity contribution in [3.8, 4) is 0 Å². The van der Waals surface area contributed by atoms with Crippen molar-refractivity contribution in [3.05, 3.63) is 65.5 Å². The Hall–Kier alpha value is -1.87. The molecule has 19 heavy (non-hydrogen) atoms. The van der Waals surface area contributed by atoms with E-state index in [1.165, 1.54) is 6.07 Å². The van der Waals surface area contributed by atoms with Gasteiger partial charge in [0.25, 0.3) is 0 Å². The molecule has 2 N–H and O–H groups in total. The van der Waals surface area contributed by atoms with E-state index in [2.05, 4.69) is 4.90 Å². The topological polar surface area (TPSA) is 29.3 Å². The van der Waals surface area contributed by atoms with Crippen LogP contribution in [-0.4, -0.2) is 11.9 Å². The van der Waals surface area contributed by atoms with Gasteiger partial charge in [0.15, 0.2) is 0 Å². The van der Waals surface area contributed by atoms with Gasteiger partial charge in [0.05, 0.1) is 0 Å². The second-order valence-corrected chi connectivity index (χ2v) is 4.86. The Morgan fingerprint density at radius 3 is 2.58 bits per heavy atom. The van der Waals surface area contributed by atoms with Crippen molar-refractivity contribution in [2.45, 2.75) is 19.5 Å². The van der Waals surface area contributed by atoms with Crippen LogP contribution in [0.25, 0.3) is 0 Å². The van der Waals surface area contributed by atoms with Crippen LogP contribution in [0.4, 0.5) is 10.1 Å². The summed E-state index contributed by atoms with van der Waals surface area (Å²) in [6.45, 7) is 2.74. The van der Waals surface area contributed by atoms with Gasteiger partial charge in [0.2, 0.25) is 0 Å². The molecule has 0 spiro atoms. The molecule has 0 saturated carbocycles. The van der Waals surface area contributed by atoms with Gasteiger partial charge in [-0.25, -0.2) is 4.39 Å². The third-order valence-corrected chi connectivity index (χ3v) is 3.40. The van der Waals surface area contributed by atoms with Crippen LogP contribution in [0.1, 0.15) is 24.1 Å². The molecule has 0 aliphatic rings. The molecule has 2 aromatic rings. The Morgan fingerprint density at radius 2 is 1.89 bits per heavy atom. The maximum absolute atomic E-state index is 13.8. The van der Waals surface area contributed by atoms with Crippen LogP contribution < -0.4 is 5.73 Å². The number of hydrogen-bond acceptors (Lipinski definition) is 2. The summed E-state index contributed by atoms with van der Waals surface area (Å²) in [5, 5.41) is 0. The standard InChI is InChI=1S/C16H19FN2/c1-12(15-8-3-4-9-16(15)17)19(2)11-13-6-5-7-14(18)10-13/h3-10,12H,11,18H2,1-2H3. The van der Waals surface area contributed by atoms with E-state index in [1.807, 2.05) is 50.4 Å². The molecule has 100 valence electrons. The number of anilines is 1. The van der Waals surface area contributed by atoms with Gasteiger partial charge in [-0.2, -0.15) is 0 Å². The van der Waals surface area contributed by atoms with Crippen LogP contribution in [0.2, 0.25) is 0 Å². The second-order valence-electron chi connectivity index (χ2n) is 4.86. The summed E-state index contributed by atoms with van der Waals surface area (Å²) >= 11 is 0. The Kier molecular flexibility index (Phi) is 4.17. The summed E-state index contributed by atoms with van der Waals surface area (Å²) in [4.78, 5) is 2.10. The first-order chi connectivity index (χ1) is 9.08. The lowest BCUT2D eigenvalue weighted by atomic mass is 10.1. The zero-order valence-electron chi connectivity index (χ0n) is 11.3. The van der Waals surface area contributed by atoms with Gasteiger partial charge < -0.3 is 5.73 Å². The van der Waals surface area contributed by atoms with Crippen molar-refractivity contribution in [2.75, 3.05) is 12.8 Å². The highest BCUT2D eigenvalue weighted by Gasteiger charge is 2.15. The molecule has 0 aliphatic heterocycles. The van der Waals surface area contributed by atoms with E-state index in [9.17, 15) is 4.39 Å². The fourth-order valence-corrected chi connectivity index (χ4v) is 2.17. The average molecular weight is 258 g/mol. The molecule has 0 amide bonds. The second kappa shape index (κ2) is 5.85. The van der Waals surface area contributed by atoms with Gasteiger partial charge in [-0.05, 0) is 37.7 Å². The van der Waals surface area contributed by atoms with E-state index < -0.39 is 0 Å². The highest BCUT2D eigenvalue weighted by molar-refractivity contribution is 5.40. The summed E-state index contributed by atoms with van der Waals surface area (Å²) in [6.07, 6.45) is 0. The molecular formula is C16H19FN2. The van der Waals surface area contributed by atoms with Crippen LogP contribution in [0, 0.1) is 5.82 Å². The van der Waals surface area contributed by atoms with Gasteiger partial charge in [-0.1, -0.05) is 30.3 Å². The minimum absolute atomic E-state index is 0.0163. The van der Waals surface area contributed by atoms with Crippen molar-refractivity contribution in [1.29, 1.82) is 0 Å². The highest BCUT2D eigenvalue weighted by atomic mass is 19.1. The number of hydrogen-bond donors (Lipinski definition) is 1. The number of rotatable bonds is 4. The lowest BCUT2D eigenvalue weighted by Gasteiger charge is -2.25. The number of halogens is 1. The van der Waals surface area contributed by atoms with E-state index in [4.69, 9.17) is 5.73 Å². The molecule has 0 aliphatic carbocycles. The molecule has 3 heteroatoms. The number of benzene rings is 2. The van der Waals surface area contributed by atoms with Crippen molar-refractivity contribution in [3.63, 3.8) is 0 Å². The summed E-state index contributed by atoms with van der Waals surface area (Å²) < 4.78 is 13.8. The summed E-state index contributed by atoms with van der Waals surface area (Å²) in [7, 11) is 1.99. The predicted molar refractivity (Wildman–Crippen MR) is 77.1 cm³/mol. The van der Waals surface area contributed by atoms with Gasteiger partial charge >= 0.3 is 0 Å². The smallest absolute Gasteiger partial charge is 0.127 e. The minimum Gasteiger partial charge on any atom is -0.399 e. The molecule has 0 heterocycles. The van der Waals surface area contributed by atoms with Crippen LogP contribution in [0.3, 0.4) is 0 Å². The molecule has 1 unspecified atom stereocenters. The van der Waals surface area contributed by atoms with E-state index in [0.717, 1.165) is 17.8 Å². The lowest BCUT2D eigenvalue weighted by Crippen LogP contribution is -2.22. The maximum atomic E-state index is 13.8. The Bertz CT molecular complexity index is 554. The van der Waals surface area contributed by atoms with Gasteiger partial charge in [0.1, 0.15) is 5.82 Å². The summed E-state index contributed by atoms with van der Waals surface area (Å²) in [6, 6.07) is 14.7. The zero-order chi connectivity index (χ0) is 13.8. The molecule has 0 radical (unpaired) electrons. The summed E-state index contributed by atoms with van der Waals surface area (Å²) in [5.41, 5.74) is 8.37. The highest BCUT2D eigenvalue weighted by Crippen LogP contribution is 2.23. The lowest BCUT2D eigenvalue weighted by molar-refractivity contribution is 0.248. The molecule has 0 bridgehead atoms. The maximum Gasteiger partial charge on any atom is 0.127 e. The quantitative estimate of drug-likeness (QED) is 0.849. The fraction of sp³-hybridized carbons (Fsp3) is 0.250. The van der Waals surface area contributed by atoms with Crippen molar-refractivity contribution < 1.29 is 4.39 Å². The first kappa shape index (κ1) is 13.6. The van der Waals surface area contributed by atoms with Crippen LogP contribution in [0.5, 0.6) is 0 Å². The van der Waals surface area contributed by atoms with Crippen LogP contribution in [0.15, 0.2) is 48.5 Å². The molecular weight excluding hydrogens is 239 g/mol. The third-order valence-electron chi connectivity index (χ3n) is 3.40. The van der Waals surface area contributed by atoms with Crippen molar-refractivity contribution >= 4 is 5.69 Å². The van der Waals surface area contributed by atoms with Gasteiger partial charge in [0, 0.05) is 23.8 Å². The normalized spacial score (nSPS) is 12.6. The molecule has 2 nitrogen and oxygen atoms in total. The SMILES string of the molecule is CC(c1ccccc1F)N(C)Cc1cccc(N)c1. The van der Waals surface area contributed by atoms with Crippen LogP contribution >= 0.6 is 0 Å².